The van der Waals surface area contributed by atoms with Crippen LogP contribution < -0.4 is 5.32 Å². The maximum absolute atomic E-state index is 13.1. The van der Waals surface area contributed by atoms with Gasteiger partial charge < -0.3 is 20.6 Å². The van der Waals surface area contributed by atoms with E-state index in [4.69, 9.17) is 5.11 Å². The Labute approximate surface area is 118 Å². The van der Waals surface area contributed by atoms with Crippen LogP contribution in [0.5, 0.6) is 11.5 Å². The lowest BCUT2D eigenvalue weighted by atomic mass is 10.1. The maximum atomic E-state index is 13.1. The summed E-state index contributed by atoms with van der Waals surface area (Å²) in [5.74, 6) is -3.73. The van der Waals surface area contributed by atoms with Crippen LogP contribution in [0.3, 0.4) is 0 Å². The highest BCUT2D eigenvalue weighted by molar-refractivity contribution is 6.06. The van der Waals surface area contributed by atoms with Crippen molar-refractivity contribution in [2.75, 3.05) is 5.32 Å². The number of amides is 1. The van der Waals surface area contributed by atoms with E-state index in [0.717, 1.165) is 30.3 Å². The van der Waals surface area contributed by atoms with Gasteiger partial charge in [-0.15, -0.1) is 0 Å². The molecule has 0 aliphatic rings. The molecule has 0 radical (unpaired) electrons. The van der Waals surface area contributed by atoms with E-state index in [9.17, 15) is 24.2 Å². The summed E-state index contributed by atoms with van der Waals surface area (Å²) in [6.07, 6.45) is 0. The summed E-state index contributed by atoms with van der Waals surface area (Å²) < 4.78 is 13.1. The average Bonchev–Trinajstić information content (AvgIpc) is 2.41. The van der Waals surface area contributed by atoms with Gasteiger partial charge in [-0.2, -0.15) is 0 Å². The van der Waals surface area contributed by atoms with Crippen molar-refractivity contribution >= 4 is 17.6 Å². The third-order valence-corrected chi connectivity index (χ3v) is 2.69. The van der Waals surface area contributed by atoms with Crippen LogP contribution in [0.25, 0.3) is 0 Å². The zero-order valence-corrected chi connectivity index (χ0v) is 10.5. The predicted molar refractivity (Wildman–Crippen MR) is 71.1 cm³/mol. The van der Waals surface area contributed by atoms with Crippen molar-refractivity contribution in [1.82, 2.24) is 0 Å². The largest absolute Gasteiger partial charge is 0.507 e. The number of hydrogen-bond acceptors (Lipinski definition) is 4. The van der Waals surface area contributed by atoms with Gasteiger partial charge in [0.25, 0.3) is 5.91 Å². The summed E-state index contributed by atoms with van der Waals surface area (Å²) in [4.78, 5) is 22.6. The van der Waals surface area contributed by atoms with Crippen molar-refractivity contribution in [2.45, 2.75) is 0 Å². The Morgan fingerprint density at radius 3 is 2.29 bits per heavy atom. The first-order chi connectivity index (χ1) is 9.88. The lowest BCUT2D eigenvalue weighted by molar-refractivity contribution is 0.0693. The highest BCUT2D eigenvalue weighted by atomic mass is 19.1. The molecule has 0 unspecified atom stereocenters. The van der Waals surface area contributed by atoms with Gasteiger partial charge in [0.1, 0.15) is 22.9 Å². The predicted octanol–water partition coefficient (Wildman–Crippen LogP) is 2.19. The van der Waals surface area contributed by atoms with Gasteiger partial charge in [-0.05, 0) is 30.3 Å². The minimum Gasteiger partial charge on any atom is -0.507 e. The lowest BCUT2D eigenvalue weighted by Gasteiger charge is -2.08. The highest BCUT2D eigenvalue weighted by Crippen LogP contribution is 2.24. The molecule has 21 heavy (non-hydrogen) atoms. The van der Waals surface area contributed by atoms with Crippen molar-refractivity contribution in [2.24, 2.45) is 0 Å². The summed E-state index contributed by atoms with van der Waals surface area (Å²) in [7, 11) is 0. The lowest BCUT2D eigenvalue weighted by Crippen LogP contribution is -2.12. The Morgan fingerprint density at radius 2 is 1.67 bits per heavy atom. The Hall–Kier alpha value is -3.09. The second kappa shape index (κ2) is 5.49. The Bertz CT molecular complexity index is 729. The molecule has 0 aliphatic carbocycles. The number of aromatic carboxylic acids is 1. The fraction of sp³-hybridized carbons (Fsp3) is 0. The highest BCUT2D eigenvalue weighted by Gasteiger charge is 2.14. The number of aromatic hydroxyl groups is 2. The third kappa shape index (κ3) is 3.08. The Morgan fingerprint density at radius 1 is 0.952 bits per heavy atom. The van der Waals surface area contributed by atoms with E-state index in [-0.39, 0.29) is 16.8 Å². The second-order valence-corrected chi connectivity index (χ2v) is 4.15. The quantitative estimate of drug-likeness (QED) is 0.693. The number of carboxylic acid groups (broad SMARTS) is 1. The van der Waals surface area contributed by atoms with E-state index in [1.54, 1.807) is 0 Å². The smallest absolute Gasteiger partial charge is 0.339 e. The van der Waals surface area contributed by atoms with Gasteiger partial charge in [0.15, 0.2) is 0 Å². The van der Waals surface area contributed by atoms with Crippen LogP contribution in [0.1, 0.15) is 20.7 Å². The van der Waals surface area contributed by atoms with E-state index in [0.29, 0.717) is 0 Å². The zero-order valence-electron chi connectivity index (χ0n) is 10.5. The monoisotopic (exact) mass is 291 g/mol. The second-order valence-electron chi connectivity index (χ2n) is 4.15. The molecule has 0 saturated heterocycles. The number of phenols is 2. The minimum absolute atomic E-state index is 0.103. The molecular formula is C14H10FNO5. The van der Waals surface area contributed by atoms with Crippen molar-refractivity contribution < 1.29 is 29.3 Å². The van der Waals surface area contributed by atoms with Crippen LogP contribution in [0.15, 0.2) is 36.4 Å². The number of nitrogens with one attached hydrogen (secondary N) is 1. The van der Waals surface area contributed by atoms with Crippen LogP contribution in [-0.4, -0.2) is 27.2 Å². The van der Waals surface area contributed by atoms with Crippen LogP contribution in [0.4, 0.5) is 10.1 Å². The fourth-order valence-electron chi connectivity index (χ4n) is 1.68. The molecule has 0 spiro atoms. The normalized spacial score (nSPS) is 10.1. The van der Waals surface area contributed by atoms with Crippen molar-refractivity contribution in [3.05, 3.63) is 53.3 Å². The molecular weight excluding hydrogens is 281 g/mol. The molecule has 2 aromatic carbocycles. The number of carboxylic acids is 1. The molecule has 6 nitrogen and oxygen atoms in total. The van der Waals surface area contributed by atoms with Gasteiger partial charge in [-0.1, -0.05) is 0 Å². The van der Waals surface area contributed by atoms with Gasteiger partial charge in [0.2, 0.25) is 0 Å². The maximum Gasteiger partial charge on any atom is 0.339 e. The number of hydrogen-bond donors (Lipinski definition) is 4. The van der Waals surface area contributed by atoms with Crippen molar-refractivity contribution in [1.29, 1.82) is 0 Å². The number of phenolic OH excluding ortho intramolecular Hbond substituents is 1. The van der Waals surface area contributed by atoms with Crippen molar-refractivity contribution in [3.8, 4) is 11.5 Å². The SMILES string of the molecule is O=C(O)c1ccc(NC(=O)c2cc(F)ccc2O)cc1O. The van der Waals surface area contributed by atoms with Crippen LogP contribution in [-0.2, 0) is 0 Å². The van der Waals surface area contributed by atoms with E-state index < -0.39 is 29.2 Å². The van der Waals surface area contributed by atoms with Crippen LogP contribution in [0.2, 0.25) is 0 Å². The molecule has 0 fully saturated rings. The average molecular weight is 291 g/mol. The van der Waals surface area contributed by atoms with E-state index in [1.165, 1.54) is 6.07 Å². The molecule has 0 atom stereocenters. The standard InChI is InChI=1S/C14H10FNO5/c15-7-1-4-11(17)10(5-7)13(19)16-8-2-3-9(14(20)21)12(18)6-8/h1-6,17-18H,(H,16,19)(H,20,21). The van der Waals surface area contributed by atoms with E-state index in [2.05, 4.69) is 5.32 Å². The van der Waals surface area contributed by atoms with Crippen LogP contribution in [0, 0.1) is 5.82 Å². The van der Waals surface area contributed by atoms with Crippen molar-refractivity contribution in [3.63, 3.8) is 0 Å². The summed E-state index contributed by atoms with van der Waals surface area (Å²) in [6.45, 7) is 0. The first-order valence-electron chi connectivity index (χ1n) is 5.74. The summed E-state index contributed by atoms with van der Waals surface area (Å²) in [5, 5.41) is 30.1. The van der Waals surface area contributed by atoms with Gasteiger partial charge in [-0.3, -0.25) is 4.79 Å². The zero-order chi connectivity index (χ0) is 15.6. The topological polar surface area (TPSA) is 107 Å². The van der Waals surface area contributed by atoms with E-state index >= 15 is 0 Å². The third-order valence-electron chi connectivity index (χ3n) is 2.69. The number of carbonyl (C=O) groups is 2. The molecule has 1 amide bonds. The number of rotatable bonds is 3. The first kappa shape index (κ1) is 14.3. The molecule has 0 aliphatic heterocycles. The molecule has 7 heteroatoms. The molecule has 0 bridgehead atoms. The number of halogens is 1. The molecule has 2 aromatic rings. The summed E-state index contributed by atoms with van der Waals surface area (Å²) in [5.41, 5.74) is -0.496. The van der Waals surface area contributed by atoms with E-state index in [1.807, 2.05) is 0 Å². The Balaban J connectivity index is 2.26. The minimum atomic E-state index is -1.31. The first-order valence-corrected chi connectivity index (χ1v) is 5.74. The molecule has 0 saturated carbocycles. The number of benzene rings is 2. The van der Waals surface area contributed by atoms with Gasteiger partial charge >= 0.3 is 5.97 Å². The van der Waals surface area contributed by atoms with Gasteiger partial charge in [-0.25, -0.2) is 9.18 Å². The number of carbonyl (C=O) groups excluding carboxylic acids is 1. The molecule has 0 aromatic heterocycles. The molecule has 2 rings (SSSR count). The van der Waals surface area contributed by atoms with Gasteiger partial charge in [0.05, 0.1) is 5.56 Å². The Kier molecular flexibility index (Phi) is 3.75. The van der Waals surface area contributed by atoms with Gasteiger partial charge in [0, 0.05) is 11.8 Å². The number of anilines is 1. The van der Waals surface area contributed by atoms with Crippen LogP contribution >= 0.6 is 0 Å². The molecule has 0 heterocycles. The molecule has 4 N–H and O–H groups in total. The summed E-state index contributed by atoms with van der Waals surface area (Å²) in [6, 6.07) is 6.30. The molecule has 108 valence electrons. The fourth-order valence-corrected chi connectivity index (χ4v) is 1.68. The summed E-state index contributed by atoms with van der Waals surface area (Å²) >= 11 is 0.